The van der Waals surface area contributed by atoms with Gasteiger partial charge in [-0.25, -0.2) is 0 Å². The fourth-order valence-corrected chi connectivity index (χ4v) is 2.76. The van der Waals surface area contributed by atoms with Crippen LogP contribution in [0.25, 0.3) is 0 Å². The number of rotatable bonds is 10. The van der Waals surface area contributed by atoms with E-state index in [1.54, 1.807) is 30.3 Å². The van der Waals surface area contributed by atoms with Crippen LogP contribution in [0.15, 0.2) is 30.3 Å². The molecule has 0 radical (unpaired) electrons. The van der Waals surface area contributed by atoms with Crippen LogP contribution in [0, 0.1) is 0 Å². The van der Waals surface area contributed by atoms with E-state index in [4.69, 9.17) is 0 Å². The molecule has 150 valence electrons. The van der Waals surface area contributed by atoms with Crippen molar-refractivity contribution < 1.29 is 35.8 Å². The van der Waals surface area contributed by atoms with Crippen LogP contribution in [0.1, 0.15) is 51.0 Å². The van der Waals surface area contributed by atoms with Crippen molar-refractivity contribution >= 4 is 0 Å². The summed E-state index contributed by atoms with van der Waals surface area (Å²) < 4.78 is 91.1. The molecule has 0 saturated carbocycles. The van der Waals surface area contributed by atoms with Crippen molar-refractivity contribution in [1.29, 1.82) is 0 Å². The third kappa shape index (κ3) is 5.86. The van der Waals surface area contributed by atoms with Gasteiger partial charge in [-0.2, -0.15) is 30.7 Å². The van der Waals surface area contributed by atoms with Crippen LogP contribution in [0.5, 0.6) is 0 Å². The molecule has 0 aromatic heterocycles. The number of benzene rings is 1. The summed E-state index contributed by atoms with van der Waals surface area (Å²) in [5.41, 5.74) is -1.64. The van der Waals surface area contributed by atoms with Crippen LogP contribution in [0.4, 0.5) is 30.7 Å². The Labute approximate surface area is 148 Å². The minimum atomic E-state index is -6.39. The molecular weight excluding hydrogens is 365 g/mol. The third-order valence-corrected chi connectivity index (χ3v) is 4.33. The highest BCUT2D eigenvalue weighted by Crippen LogP contribution is 2.50. The van der Waals surface area contributed by atoms with Crippen molar-refractivity contribution in [2.24, 2.45) is 0 Å². The summed E-state index contributed by atoms with van der Waals surface area (Å²) in [5.74, 6) is -11.6. The molecule has 1 unspecified atom stereocenters. The van der Waals surface area contributed by atoms with E-state index in [1.807, 2.05) is 6.92 Å². The van der Waals surface area contributed by atoms with E-state index in [-0.39, 0.29) is 25.7 Å². The Morgan fingerprint density at radius 1 is 0.846 bits per heavy atom. The molecule has 0 aliphatic heterocycles. The summed E-state index contributed by atoms with van der Waals surface area (Å²) in [5, 5.41) is 10.5. The van der Waals surface area contributed by atoms with Crippen LogP contribution in [-0.2, 0) is 6.42 Å². The summed E-state index contributed by atoms with van der Waals surface area (Å²) >= 11 is 0. The first-order valence-electron chi connectivity index (χ1n) is 8.43. The Morgan fingerprint density at radius 3 is 1.92 bits per heavy atom. The van der Waals surface area contributed by atoms with E-state index >= 15 is 0 Å². The first-order valence-corrected chi connectivity index (χ1v) is 8.43. The number of alkyl halides is 7. The Bertz CT molecular complexity index is 542. The van der Waals surface area contributed by atoms with E-state index in [2.05, 4.69) is 0 Å². The molecule has 0 aliphatic carbocycles. The van der Waals surface area contributed by atoms with Crippen molar-refractivity contribution in [3.05, 3.63) is 35.9 Å². The van der Waals surface area contributed by atoms with Crippen molar-refractivity contribution in [3.8, 4) is 0 Å². The predicted octanol–water partition coefficient (Wildman–Crippen LogP) is 6.15. The van der Waals surface area contributed by atoms with Gasteiger partial charge in [0, 0.05) is 6.42 Å². The molecule has 1 atom stereocenters. The van der Waals surface area contributed by atoms with Crippen molar-refractivity contribution in [2.75, 3.05) is 0 Å². The second-order valence-electron chi connectivity index (χ2n) is 6.62. The van der Waals surface area contributed by atoms with Crippen LogP contribution in [0.2, 0.25) is 0 Å². The van der Waals surface area contributed by atoms with Gasteiger partial charge in [0.05, 0.1) is 5.60 Å². The van der Waals surface area contributed by atoms with E-state index < -0.39 is 30.0 Å². The predicted molar refractivity (Wildman–Crippen MR) is 84.4 cm³/mol. The van der Waals surface area contributed by atoms with Gasteiger partial charge in [0.2, 0.25) is 0 Å². The van der Waals surface area contributed by atoms with E-state index in [0.29, 0.717) is 18.4 Å². The van der Waals surface area contributed by atoms with Crippen LogP contribution >= 0.6 is 0 Å². The molecule has 1 aromatic rings. The minimum Gasteiger partial charge on any atom is -0.390 e. The second kappa shape index (κ2) is 8.59. The quantitative estimate of drug-likeness (QED) is 0.376. The fraction of sp³-hybridized carbons (Fsp3) is 0.667. The van der Waals surface area contributed by atoms with Gasteiger partial charge in [0.25, 0.3) is 0 Å². The summed E-state index contributed by atoms with van der Waals surface area (Å²) in [4.78, 5) is 0. The second-order valence-corrected chi connectivity index (χ2v) is 6.62. The van der Waals surface area contributed by atoms with Gasteiger partial charge in [0.1, 0.15) is 0 Å². The molecule has 0 spiro atoms. The Balaban J connectivity index is 2.96. The number of hydrogen-bond donors (Lipinski definition) is 1. The van der Waals surface area contributed by atoms with E-state index in [0.717, 1.165) is 0 Å². The minimum absolute atomic E-state index is 0.0944. The molecule has 1 N–H and O–H groups in total. The van der Waals surface area contributed by atoms with Crippen molar-refractivity contribution in [3.63, 3.8) is 0 Å². The molecule has 1 aromatic carbocycles. The zero-order chi connectivity index (χ0) is 20.1. The highest BCUT2D eigenvalue weighted by Gasteiger charge is 2.73. The summed E-state index contributed by atoms with van der Waals surface area (Å²) in [6, 6.07) is 8.40. The third-order valence-electron chi connectivity index (χ3n) is 4.33. The Hall–Kier alpha value is -1.31. The molecule has 0 bridgehead atoms. The number of halogens is 7. The van der Waals surface area contributed by atoms with Gasteiger partial charge in [0.15, 0.2) is 0 Å². The lowest BCUT2D eigenvalue weighted by Gasteiger charge is -2.36. The van der Waals surface area contributed by atoms with Gasteiger partial charge >= 0.3 is 18.0 Å². The summed E-state index contributed by atoms with van der Waals surface area (Å²) in [6.07, 6.45) is -7.34. The van der Waals surface area contributed by atoms with E-state index in [1.165, 1.54) is 0 Å². The number of hydrogen-bond acceptors (Lipinski definition) is 1. The first kappa shape index (κ1) is 22.7. The van der Waals surface area contributed by atoms with Gasteiger partial charge < -0.3 is 5.11 Å². The van der Waals surface area contributed by atoms with Crippen LogP contribution in [0.3, 0.4) is 0 Å². The molecule has 0 amide bonds. The monoisotopic (exact) mass is 388 g/mol. The number of aliphatic hydroxyl groups is 1. The lowest BCUT2D eigenvalue weighted by Crippen LogP contribution is -2.55. The largest absolute Gasteiger partial charge is 0.459 e. The molecule has 8 heteroatoms. The van der Waals surface area contributed by atoms with Crippen molar-refractivity contribution in [2.45, 2.75) is 75.5 Å². The maximum absolute atomic E-state index is 13.8. The molecule has 0 saturated heterocycles. The van der Waals surface area contributed by atoms with E-state index in [9.17, 15) is 35.8 Å². The van der Waals surface area contributed by atoms with Crippen LogP contribution in [-0.4, -0.2) is 28.7 Å². The molecule has 1 rings (SSSR count). The summed E-state index contributed by atoms with van der Waals surface area (Å²) in [6.45, 7) is 1.81. The van der Waals surface area contributed by atoms with Crippen molar-refractivity contribution in [1.82, 2.24) is 0 Å². The smallest absolute Gasteiger partial charge is 0.390 e. The average Bonchev–Trinajstić information content (AvgIpc) is 2.53. The molecule has 1 nitrogen and oxygen atoms in total. The molecular formula is C18H23F7O. The van der Waals surface area contributed by atoms with Gasteiger partial charge in [-0.3, -0.25) is 0 Å². The first-order chi connectivity index (χ1) is 11.8. The summed E-state index contributed by atoms with van der Waals surface area (Å²) in [7, 11) is 0. The lowest BCUT2D eigenvalue weighted by atomic mass is 9.83. The van der Waals surface area contributed by atoms with Crippen LogP contribution < -0.4 is 0 Å². The molecule has 26 heavy (non-hydrogen) atoms. The molecule has 0 aliphatic rings. The number of aryl methyl sites for hydroxylation is 1. The maximum Gasteiger partial charge on any atom is 0.459 e. The molecule has 0 heterocycles. The maximum atomic E-state index is 13.8. The Kier molecular flexibility index (Phi) is 7.51. The SMILES string of the molecule is CCCCCC(O)(CCc1ccccc1)CC(F)(F)C(F)(F)C(F)(F)F. The standard InChI is InChI=1S/C18H23F7O/c1-2-3-7-11-15(26,12-10-14-8-5-4-6-9-14)13-16(19,20)17(21,22)18(23,24)25/h4-6,8-9,26H,2-3,7,10-13H2,1H3. The highest BCUT2D eigenvalue weighted by atomic mass is 19.4. The average molecular weight is 388 g/mol. The highest BCUT2D eigenvalue weighted by molar-refractivity contribution is 5.15. The number of unbranched alkanes of at least 4 members (excludes halogenated alkanes) is 2. The lowest BCUT2D eigenvalue weighted by molar-refractivity contribution is -0.361. The van der Waals surface area contributed by atoms with Gasteiger partial charge in [-0.1, -0.05) is 56.5 Å². The van der Waals surface area contributed by atoms with Gasteiger partial charge in [-0.15, -0.1) is 0 Å². The molecule has 0 fully saturated rings. The fourth-order valence-electron chi connectivity index (χ4n) is 2.76. The van der Waals surface area contributed by atoms with Gasteiger partial charge in [-0.05, 0) is 24.8 Å². The normalized spacial score (nSPS) is 15.7. The zero-order valence-corrected chi connectivity index (χ0v) is 14.4. The topological polar surface area (TPSA) is 20.2 Å². The zero-order valence-electron chi connectivity index (χ0n) is 14.4. The Morgan fingerprint density at radius 2 is 1.42 bits per heavy atom.